The van der Waals surface area contributed by atoms with Crippen molar-refractivity contribution in [3.8, 4) is 0 Å². The van der Waals surface area contributed by atoms with Gasteiger partial charge in [0.15, 0.2) is 0 Å². The SMILES string of the molecule is C=C(CCl)CN1c2ccccc2CCC1C. The zero-order valence-electron chi connectivity index (χ0n) is 9.75. The summed E-state index contributed by atoms with van der Waals surface area (Å²) in [5, 5.41) is 0. The first kappa shape index (κ1) is 11.5. The summed E-state index contributed by atoms with van der Waals surface area (Å²) in [4.78, 5) is 2.42. The lowest BCUT2D eigenvalue weighted by Gasteiger charge is -2.37. The van der Waals surface area contributed by atoms with Crippen molar-refractivity contribution in [2.24, 2.45) is 0 Å². The Hall–Kier alpha value is -0.950. The van der Waals surface area contributed by atoms with Gasteiger partial charge in [0, 0.05) is 24.2 Å². The highest BCUT2D eigenvalue weighted by atomic mass is 35.5. The lowest BCUT2D eigenvalue weighted by Crippen LogP contribution is -2.38. The Labute approximate surface area is 103 Å². The van der Waals surface area contributed by atoms with E-state index in [1.54, 1.807) is 0 Å². The van der Waals surface area contributed by atoms with E-state index >= 15 is 0 Å². The molecule has 1 aliphatic heterocycles. The average molecular weight is 236 g/mol. The van der Waals surface area contributed by atoms with E-state index in [1.165, 1.54) is 24.1 Å². The van der Waals surface area contributed by atoms with Gasteiger partial charge in [0.2, 0.25) is 0 Å². The van der Waals surface area contributed by atoms with Gasteiger partial charge >= 0.3 is 0 Å². The minimum atomic E-state index is 0.547. The van der Waals surface area contributed by atoms with E-state index < -0.39 is 0 Å². The highest BCUT2D eigenvalue weighted by Gasteiger charge is 2.22. The molecular weight excluding hydrogens is 218 g/mol. The third-order valence-electron chi connectivity index (χ3n) is 3.25. The normalized spacial score (nSPS) is 19.4. The predicted octanol–water partition coefficient (Wildman–Crippen LogP) is 3.62. The van der Waals surface area contributed by atoms with Crippen LogP contribution in [0.2, 0.25) is 0 Å². The second-order valence-electron chi connectivity index (χ2n) is 4.53. The number of hydrogen-bond acceptors (Lipinski definition) is 1. The van der Waals surface area contributed by atoms with Gasteiger partial charge in [-0.05, 0) is 37.0 Å². The van der Waals surface area contributed by atoms with Gasteiger partial charge in [0.25, 0.3) is 0 Å². The Morgan fingerprint density at radius 1 is 1.50 bits per heavy atom. The van der Waals surface area contributed by atoms with E-state index in [2.05, 4.69) is 42.7 Å². The van der Waals surface area contributed by atoms with E-state index in [4.69, 9.17) is 11.6 Å². The van der Waals surface area contributed by atoms with Crippen LogP contribution in [0, 0.1) is 0 Å². The fourth-order valence-electron chi connectivity index (χ4n) is 2.28. The Kier molecular flexibility index (Phi) is 3.55. The number of alkyl halides is 1. The van der Waals surface area contributed by atoms with Crippen molar-refractivity contribution in [1.29, 1.82) is 0 Å². The zero-order chi connectivity index (χ0) is 11.5. The smallest absolute Gasteiger partial charge is 0.0448 e. The summed E-state index contributed by atoms with van der Waals surface area (Å²) in [6, 6.07) is 9.22. The molecule has 0 aliphatic carbocycles. The molecule has 1 nitrogen and oxygen atoms in total. The zero-order valence-corrected chi connectivity index (χ0v) is 10.5. The molecule has 2 heteroatoms. The molecule has 0 bridgehead atoms. The van der Waals surface area contributed by atoms with Crippen molar-refractivity contribution in [1.82, 2.24) is 0 Å². The van der Waals surface area contributed by atoms with Gasteiger partial charge in [-0.3, -0.25) is 0 Å². The Morgan fingerprint density at radius 2 is 2.25 bits per heavy atom. The second-order valence-corrected chi connectivity index (χ2v) is 4.80. The van der Waals surface area contributed by atoms with E-state index in [0.29, 0.717) is 11.9 Å². The number of halogens is 1. The molecule has 1 aromatic carbocycles. The standard InChI is InChI=1S/C14H18ClN/c1-11(9-15)10-16-12(2)7-8-13-5-3-4-6-14(13)16/h3-6,12H,1,7-10H2,2H3. The summed E-state index contributed by atoms with van der Waals surface area (Å²) in [6.45, 7) is 7.15. The van der Waals surface area contributed by atoms with Gasteiger partial charge in [-0.25, -0.2) is 0 Å². The van der Waals surface area contributed by atoms with Crippen molar-refractivity contribution in [3.63, 3.8) is 0 Å². The van der Waals surface area contributed by atoms with Crippen LogP contribution in [0.1, 0.15) is 18.9 Å². The van der Waals surface area contributed by atoms with E-state index in [0.717, 1.165) is 12.1 Å². The molecule has 86 valence electrons. The fourth-order valence-corrected chi connectivity index (χ4v) is 2.37. The van der Waals surface area contributed by atoms with Crippen molar-refractivity contribution in [3.05, 3.63) is 42.0 Å². The molecule has 1 unspecified atom stereocenters. The van der Waals surface area contributed by atoms with E-state index in [-0.39, 0.29) is 0 Å². The summed E-state index contributed by atoms with van der Waals surface area (Å²) in [6.07, 6.45) is 2.40. The third-order valence-corrected chi connectivity index (χ3v) is 3.63. The number of para-hydroxylation sites is 1. The van der Waals surface area contributed by atoms with E-state index in [1.807, 2.05) is 0 Å². The summed E-state index contributed by atoms with van der Waals surface area (Å²) in [5.41, 5.74) is 3.89. The number of fused-ring (bicyclic) bond motifs is 1. The number of nitrogens with zero attached hydrogens (tertiary/aromatic N) is 1. The van der Waals surface area contributed by atoms with Gasteiger partial charge in [0.1, 0.15) is 0 Å². The average Bonchev–Trinajstić information content (AvgIpc) is 2.32. The highest BCUT2D eigenvalue weighted by molar-refractivity contribution is 6.19. The minimum absolute atomic E-state index is 0.547. The van der Waals surface area contributed by atoms with Crippen LogP contribution < -0.4 is 4.90 Å². The van der Waals surface area contributed by atoms with Crippen LogP contribution >= 0.6 is 11.6 Å². The van der Waals surface area contributed by atoms with Gasteiger partial charge in [-0.15, -0.1) is 11.6 Å². The van der Waals surface area contributed by atoms with Crippen LogP contribution in [0.25, 0.3) is 0 Å². The molecule has 0 spiro atoms. The highest BCUT2D eigenvalue weighted by Crippen LogP contribution is 2.30. The van der Waals surface area contributed by atoms with E-state index in [9.17, 15) is 0 Å². The molecule has 0 fully saturated rings. The quantitative estimate of drug-likeness (QED) is 0.571. The van der Waals surface area contributed by atoms with Crippen molar-refractivity contribution in [2.45, 2.75) is 25.8 Å². The van der Waals surface area contributed by atoms with Gasteiger partial charge in [-0.1, -0.05) is 24.8 Å². The van der Waals surface area contributed by atoms with Crippen LogP contribution in [-0.2, 0) is 6.42 Å². The predicted molar refractivity (Wildman–Crippen MR) is 71.4 cm³/mol. The molecule has 0 saturated carbocycles. The fraction of sp³-hybridized carbons (Fsp3) is 0.429. The van der Waals surface area contributed by atoms with Crippen LogP contribution in [0.3, 0.4) is 0 Å². The first-order chi connectivity index (χ1) is 7.72. The van der Waals surface area contributed by atoms with Gasteiger partial charge < -0.3 is 4.90 Å². The summed E-state index contributed by atoms with van der Waals surface area (Å²) in [5.74, 6) is 0.547. The number of anilines is 1. The molecular formula is C14H18ClN. The molecule has 1 aliphatic rings. The number of hydrogen-bond donors (Lipinski definition) is 0. The second kappa shape index (κ2) is 4.92. The van der Waals surface area contributed by atoms with Crippen LogP contribution in [0.15, 0.2) is 36.4 Å². The molecule has 1 atom stereocenters. The lowest BCUT2D eigenvalue weighted by molar-refractivity contribution is 0.577. The number of aryl methyl sites for hydroxylation is 1. The maximum Gasteiger partial charge on any atom is 0.0448 e. The molecule has 2 rings (SSSR count). The summed E-state index contributed by atoms with van der Waals surface area (Å²) < 4.78 is 0. The molecule has 0 amide bonds. The molecule has 0 radical (unpaired) electrons. The first-order valence-electron chi connectivity index (χ1n) is 5.79. The molecule has 0 saturated heterocycles. The first-order valence-corrected chi connectivity index (χ1v) is 6.33. The Morgan fingerprint density at radius 3 is 3.00 bits per heavy atom. The molecule has 0 N–H and O–H groups in total. The summed E-state index contributed by atoms with van der Waals surface area (Å²) >= 11 is 5.82. The minimum Gasteiger partial charge on any atom is -0.365 e. The van der Waals surface area contributed by atoms with Crippen LogP contribution in [0.5, 0.6) is 0 Å². The topological polar surface area (TPSA) is 3.24 Å². The largest absolute Gasteiger partial charge is 0.365 e. The lowest BCUT2D eigenvalue weighted by atomic mass is 9.96. The number of benzene rings is 1. The maximum absolute atomic E-state index is 5.82. The Balaban J connectivity index is 2.26. The van der Waals surface area contributed by atoms with Crippen LogP contribution in [0.4, 0.5) is 5.69 Å². The van der Waals surface area contributed by atoms with Crippen molar-refractivity contribution < 1.29 is 0 Å². The summed E-state index contributed by atoms with van der Waals surface area (Å²) in [7, 11) is 0. The molecule has 0 aromatic heterocycles. The van der Waals surface area contributed by atoms with Gasteiger partial charge in [0.05, 0.1) is 0 Å². The third kappa shape index (κ3) is 2.25. The van der Waals surface area contributed by atoms with Crippen molar-refractivity contribution in [2.75, 3.05) is 17.3 Å². The molecule has 1 heterocycles. The number of rotatable bonds is 3. The van der Waals surface area contributed by atoms with Crippen LogP contribution in [-0.4, -0.2) is 18.5 Å². The monoisotopic (exact) mass is 235 g/mol. The molecule has 1 aromatic rings. The molecule has 16 heavy (non-hydrogen) atoms. The van der Waals surface area contributed by atoms with Gasteiger partial charge in [-0.2, -0.15) is 0 Å². The Bertz CT molecular complexity index is 386. The van der Waals surface area contributed by atoms with Crippen molar-refractivity contribution >= 4 is 17.3 Å². The maximum atomic E-state index is 5.82.